The molecule has 1 heterocycles. The average molecular weight is 256 g/mol. The van der Waals surface area contributed by atoms with Crippen LogP contribution in [-0.2, 0) is 10.2 Å². The molecule has 1 saturated carbocycles. The molecular formula is C16H20N2O. The highest BCUT2D eigenvalue weighted by Crippen LogP contribution is 2.51. The summed E-state index contributed by atoms with van der Waals surface area (Å²) in [5.41, 5.74) is 4.00. The van der Waals surface area contributed by atoms with Crippen LogP contribution in [0.2, 0.25) is 0 Å². The molecule has 1 aromatic heterocycles. The number of nitrogens with one attached hydrogen (secondary N) is 2. The van der Waals surface area contributed by atoms with Gasteiger partial charge in [-0.05, 0) is 31.4 Å². The predicted octanol–water partition coefficient (Wildman–Crippen LogP) is 3.03. The number of aromatic nitrogens is 1. The molecule has 0 bridgehead atoms. The van der Waals surface area contributed by atoms with Gasteiger partial charge in [-0.25, -0.2) is 0 Å². The van der Waals surface area contributed by atoms with Crippen molar-refractivity contribution in [3.8, 4) is 0 Å². The van der Waals surface area contributed by atoms with Crippen molar-refractivity contribution in [1.82, 2.24) is 10.3 Å². The molecular weight excluding hydrogens is 236 g/mol. The van der Waals surface area contributed by atoms with Crippen molar-refractivity contribution in [3.05, 3.63) is 35.5 Å². The fraction of sp³-hybridized carbons (Fsp3) is 0.438. The topological polar surface area (TPSA) is 44.9 Å². The van der Waals surface area contributed by atoms with Gasteiger partial charge >= 0.3 is 0 Å². The first-order valence-electron chi connectivity index (χ1n) is 7.01. The molecule has 0 unspecified atom stereocenters. The zero-order valence-corrected chi connectivity index (χ0v) is 11.5. The van der Waals surface area contributed by atoms with E-state index in [4.69, 9.17) is 0 Å². The molecule has 3 heteroatoms. The second kappa shape index (κ2) is 4.41. The number of benzene rings is 1. The van der Waals surface area contributed by atoms with Crippen LogP contribution >= 0.6 is 0 Å². The maximum atomic E-state index is 11.5. The fourth-order valence-electron chi connectivity index (χ4n) is 3.02. The first-order chi connectivity index (χ1) is 9.16. The van der Waals surface area contributed by atoms with Crippen LogP contribution < -0.4 is 5.32 Å². The van der Waals surface area contributed by atoms with Crippen LogP contribution in [0.25, 0.3) is 10.9 Å². The minimum atomic E-state index is 0.142. The molecule has 0 aliphatic heterocycles. The van der Waals surface area contributed by atoms with E-state index in [0.29, 0.717) is 6.42 Å². The molecule has 19 heavy (non-hydrogen) atoms. The predicted molar refractivity (Wildman–Crippen MR) is 77.2 cm³/mol. The first kappa shape index (κ1) is 12.3. The molecule has 1 aliphatic rings. The summed E-state index contributed by atoms with van der Waals surface area (Å²) in [7, 11) is 0. The third-order valence-electron chi connectivity index (χ3n) is 4.22. The van der Waals surface area contributed by atoms with Gasteiger partial charge in [-0.3, -0.25) is 4.79 Å². The van der Waals surface area contributed by atoms with E-state index in [2.05, 4.69) is 41.5 Å². The Kier molecular flexibility index (Phi) is 2.85. The standard InChI is InChI=1S/C16H20N2O/c1-3-14(19)17-10-16(8-9-16)15-11(2)18-13-7-5-4-6-12(13)15/h4-7,18H,3,8-10H2,1-2H3,(H,17,19). The highest BCUT2D eigenvalue weighted by atomic mass is 16.1. The Morgan fingerprint density at radius 1 is 1.37 bits per heavy atom. The maximum absolute atomic E-state index is 11.5. The highest BCUT2D eigenvalue weighted by molar-refractivity contribution is 5.86. The summed E-state index contributed by atoms with van der Waals surface area (Å²) >= 11 is 0. The van der Waals surface area contributed by atoms with Crippen molar-refractivity contribution in [2.24, 2.45) is 0 Å². The maximum Gasteiger partial charge on any atom is 0.219 e. The largest absolute Gasteiger partial charge is 0.358 e. The molecule has 100 valence electrons. The van der Waals surface area contributed by atoms with E-state index in [1.165, 1.54) is 35.0 Å². The van der Waals surface area contributed by atoms with Crippen molar-refractivity contribution < 1.29 is 4.79 Å². The van der Waals surface area contributed by atoms with Crippen LogP contribution in [0, 0.1) is 6.92 Å². The van der Waals surface area contributed by atoms with E-state index in [0.717, 1.165) is 6.54 Å². The Labute approximate surface area is 113 Å². The van der Waals surface area contributed by atoms with Crippen molar-refractivity contribution in [1.29, 1.82) is 0 Å². The zero-order valence-electron chi connectivity index (χ0n) is 11.5. The van der Waals surface area contributed by atoms with Crippen LogP contribution in [0.4, 0.5) is 0 Å². The summed E-state index contributed by atoms with van der Waals surface area (Å²) in [6.45, 7) is 4.80. The molecule has 2 N–H and O–H groups in total. The van der Waals surface area contributed by atoms with Crippen LogP contribution in [0.5, 0.6) is 0 Å². The summed E-state index contributed by atoms with van der Waals surface area (Å²) in [6, 6.07) is 8.43. The van der Waals surface area contributed by atoms with Crippen LogP contribution in [0.15, 0.2) is 24.3 Å². The van der Waals surface area contributed by atoms with Crippen LogP contribution in [-0.4, -0.2) is 17.4 Å². The number of rotatable bonds is 4. The molecule has 3 nitrogen and oxygen atoms in total. The molecule has 0 radical (unpaired) electrons. The van der Waals surface area contributed by atoms with Gasteiger partial charge in [0.05, 0.1) is 0 Å². The number of fused-ring (bicyclic) bond motifs is 1. The van der Waals surface area contributed by atoms with Gasteiger partial charge in [0.2, 0.25) is 5.91 Å². The zero-order chi connectivity index (χ0) is 13.5. The molecule has 1 aromatic carbocycles. The van der Waals surface area contributed by atoms with E-state index < -0.39 is 0 Å². The van der Waals surface area contributed by atoms with E-state index in [-0.39, 0.29) is 11.3 Å². The number of carbonyl (C=O) groups is 1. The summed E-state index contributed by atoms with van der Waals surface area (Å²) in [5, 5.41) is 4.37. The Morgan fingerprint density at radius 2 is 2.11 bits per heavy atom. The van der Waals surface area contributed by atoms with Gasteiger partial charge in [-0.2, -0.15) is 0 Å². The fourth-order valence-corrected chi connectivity index (χ4v) is 3.02. The minimum Gasteiger partial charge on any atom is -0.358 e. The van der Waals surface area contributed by atoms with Crippen molar-refractivity contribution >= 4 is 16.8 Å². The van der Waals surface area contributed by atoms with Crippen molar-refractivity contribution in [3.63, 3.8) is 0 Å². The van der Waals surface area contributed by atoms with E-state index in [1.54, 1.807) is 0 Å². The van der Waals surface area contributed by atoms with E-state index in [1.807, 2.05) is 6.92 Å². The average Bonchev–Trinajstić information content (AvgIpc) is 3.11. The quantitative estimate of drug-likeness (QED) is 0.867. The van der Waals surface area contributed by atoms with Crippen molar-refractivity contribution in [2.75, 3.05) is 6.54 Å². The highest BCUT2D eigenvalue weighted by Gasteiger charge is 2.46. The summed E-state index contributed by atoms with van der Waals surface area (Å²) in [6.07, 6.45) is 2.89. The molecule has 1 aliphatic carbocycles. The SMILES string of the molecule is CCC(=O)NCC1(c2c(C)[nH]c3ccccc23)CC1. The van der Waals surface area contributed by atoms with Crippen molar-refractivity contribution in [2.45, 2.75) is 38.5 Å². The number of para-hydroxylation sites is 1. The number of amides is 1. The molecule has 0 spiro atoms. The van der Waals surface area contributed by atoms with E-state index in [9.17, 15) is 4.79 Å². The Hall–Kier alpha value is -1.77. The number of H-pyrrole nitrogens is 1. The second-order valence-corrected chi connectivity index (χ2v) is 5.58. The molecule has 0 atom stereocenters. The van der Waals surface area contributed by atoms with Gasteiger partial charge in [0.15, 0.2) is 0 Å². The number of aromatic amines is 1. The van der Waals surface area contributed by atoms with Gasteiger partial charge < -0.3 is 10.3 Å². The smallest absolute Gasteiger partial charge is 0.219 e. The minimum absolute atomic E-state index is 0.142. The first-order valence-corrected chi connectivity index (χ1v) is 7.01. The third kappa shape index (κ3) is 2.03. The second-order valence-electron chi connectivity index (χ2n) is 5.58. The summed E-state index contributed by atoms with van der Waals surface area (Å²) in [4.78, 5) is 14.9. The van der Waals surface area contributed by atoms with Gasteiger partial charge in [0.25, 0.3) is 0 Å². The Morgan fingerprint density at radius 3 is 2.79 bits per heavy atom. The summed E-state index contributed by atoms with van der Waals surface area (Å²) in [5.74, 6) is 0.142. The normalized spacial score (nSPS) is 16.5. The van der Waals surface area contributed by atoms with Gasteiger partial charge in [0.1, 0.15) is 0 Å². The van der Waals surface area contributed by atoms with Gasteiger partial charge in [-0.1, -0.05) is 25.1 Å². The monoisotopic (exact) mass is 256 g/mol. The molecule has 1 fully saturated rings. The Bertz CT molecular complexity index is 623. The third-order valence-corrected chi connectivity index (χ3v) is 4.22. The number of aryl methyl sites for hydroxylation is 1. The summed E-state index contributed by atoms with van der Waals surface area (Å²) < 4.78 is 0. The number of carbonyl (C=O) groups excluding carboxylic acids is 1. The van der Waals surface area contributed by atoms with Gasteiger partial charge in [0, 0.05) is 35.0 Å². The lowest BCUT2D eigenvalue weighted by atomic mass is 9.93. The van der Waals surface area contributed by atoms with Crippen LogP contribution in [0.1, 0.15) is 37.4 Å². The Balaban J connectivity index is 1.95. The lowest BCUT2D eigenvalue weighted by molar-refractivity contribution is -0.120. The van der Waals surface area contributed by atoms with E-state index >= 15 is 0 Å². The van der Waals surface area contributed by atoms with Gasteiger partial charge in [-0.15, -0.1) is 0 Å². The molecule has 0 saturated heterocycles. The van der Waals surface area contributed by atoms with Crippen LogP contribution in [0.3, 0.4) is 0 Å². The lowest BCUT2D eigenvalue weighted by Gasteiger charge is -2.17. The number of hydrogen-bond donors (Lipinski definition) is 2. The molecule has 2 aromatic rings. The lowest BCUT2D eigenvalue weighted by Crippen LogP contribution is -2.31. The number of hydrogen-bond acceptors (Lipinski definition) is 1. The molecule has 3 rings (SSSR count). The molecule has 1 amide bonds.